The van der Waals surface area contributed by atoms with Crippen LogP contribution in [0.2, 0.25) is 11.1 Å². The van der Waals surface area contributed by atoms with Gasteiger partial charge in [0.1, 0.15) is 0 Å². The summed E-state index contributed by atoms with van der Waals surface area (Å²) in [5.41, 5.74) is 1.98. The minimum absolute atomic E-state index is 0.325. The molecule has 0 saturated carbocycles. The van der Waals surface area contributed by atoms with E-state index < -0.39 is 8.80 Å². The minimum Gasteiger partial charge on any atom is -0.276 e. The van der Waals surface area contributed by atoms with Crippen molar-refractivity contribution < 1.29 is 4.79 Å². The molecule has 3 heteroatoms. The maximum Gasteiger partial charge on any atom is 0.252 e. The number of benzene rings is 1. The highest BCUT2D eigenvalue weighted by Crippen LogP contribution is 2.21. The van der Waals surface area contributed by atoms with Crippen LogP contribution in [0, 0.1) is 0 Å². The Bertz CT molecular complexity index is 366. The summed E-state index contributed by atoms with van der Waals surface area (Å²) in [5.74, 6) is 0. The van der Waals surface area contributed by atoms with Crippen LogP contribution in [0.25, 0.3) is 0 Å². The molecule has 1 rings (SSSR count). The van der Waals surface area contributed by atoms with Crippen molar-refractivity contribution in [3.63, 3.8) is 0 Å². The molecule has 0 aliphatic carbocycles. The molecule has 1 aromatic rings. The zero-order valence-corrected chi connectivity index (χ0v) is 12.2. The molecule has 0 N–H and O–H groups in total. The van der Waals surface area contributed by atoms with E-state index in [4.69, 9.17) is 11.6 Å². The van der Waals surface area contributed by atoms with Gasteiger partial charge < -0.3 is 0 Å². The molecule has 0 aliphatic rings. The molecule has 0 aromatic heterocycles. The van der Waals surface area contributed by atoms with Gasteiger partial charge in [-0.3, -0.25) is 4.79 Å². The Hall–Kier alpha value is -0.603. The van der Waals surface area contributed by atoms with Crippen molar-refractivity contribution in [1.82, 2.24) is 0 Å². The summed E-state index contributed by atoms with van der Waals surface area (Å²) < 4.78 is 0. The number of hydrogen-bond donors (Lipinski definition) is 0. The topological polar surface area (TPSA) is 17.1 Å². The fourth-order valence-corrected chi connectivity index (χ4v) is 6.61. The van der Waals surface area contributed by atoms with E-state index in [9.17, 15) is 4.79 Å². The lowest BCUT2D eigenvalue weighted by Gasteiger charge is -2.25. The average Bonchev–Trinajstić information content (AvgIpc) is 2.17. The van der Waals surface area contributed by atoms with Crippen molar-refractivity contribution in [2.24, 2.45) is 0 Å². The van der Waals surface area contributed by atoms with Gasteiger partial charge >= 0.3 is 0 Å². The van der Waals surface area contributed by atoms with E-state index in [0.29, 0.717) is 16.6 Å². The summed E-state index contributed by atoms with van der Waals surface area (Å²) in [4.78, 5) is 11.4. The van der Waals surface area contributed by atoms with Crippen LogP contribution in [-0.2, 0) is 0 Å². The molecule has 0 bridgehead atoms. The molecule has 0 saturated heterocycles. The molecule has 1 aromatic carbocycles. The molecule has 0 aliphatic heterocycles. The molecule has 0 fully saturated rings. The Labute approximate surface area is 104 Å². The SMILES string of the molecule is CC(C)[SiH](c1ccccc1C(=O)Cl)C(C)C. The van der Waals surface area contributed by atoms with Crippen LogP contribution in [-0.4, -0.2) is 14.0 Å². The van der Waals surface area contributed by atoms with E-state index >= 15 is 0 Å². The predicted octanol–water partition coefficient (Wildman–Crippen LogP) is 3.32. The van der Waals surface area contributed by atoms with Crippen molar-refractivity contribution >= 4 is 30.8 Å². The maximum absolute atomic E-state index is 11.4. The van der Waals surface area contributed by atoms with Crippen molar-refractivity contribution in [2.45, 2.75) is 38.8 Å². The van der Waals surface area contributed by atoms with E-state index in [1.54, 1.807) is 0 Å². The first kappa shape index (κ1) is 13.5. The molecular formula is C13H19ClOSi. The van der Waals surface area contributed by atoms with Gasteiger partial charge in [0.2, 0.25) is 0 Å². The third-order valence-electron chi connectivity index (χ3n) is 2.97. The van der Waals surface area contributed by atoms with Crippen LogP contribution in [0.1, 0.15) is 38.1 Å². The fourth-order valence-electron chi connectivity index (χ4n) is 2.45. The monoisotopic (exact) mass is 254 g/mol. The van der Waals surface area contributed by atoms with Gasteiger partial charge in [0.25, 0.3) is 5.24 Å². The van der Waals surface area contributed by atoms with Crippen LogP contribution in [0.3, 0.4) is 0 Å². The van der Waals surface area contributed by atoms with Crippen LogP contribution in [0.15, 0.2) is 24.3 Å². The second-order valence-corrected chi connectivity index (χ2v) is 9.56. The zero-order valence-electron chi connectivity index (χ0n) is 10.3. The smallest absolute Gasteiger partial charge is 0.252 e. The van der Waals surface area contributed by atoms with E-state index in [1.807, 2.05) is 18.2 Å². The zero-order chi connectivity index (χ0) is 12.3. The minimum atomic E-state index is -1.14. The summed E-state index contributed by atoms with van der Waals surface area (Å²) in [7, 11) is -1.14. The molecule has 16 heavy (non-hydrogen) atoms. The molecule has 0 amide bonds. The van der Waals surface area contributed by atoms with Crippen LogP contribution in [0.5, 0.6) is 0 Å². The Morgan fingerprint density at radius 1 is 1.12 bits per heavy atom. The summed E-state index contributed by atoms with van der Waals surface area (Å²) >= 11 is 5.65. The van der Waals surface area contributed by atoms with Gasteiger partial charge in [0.15, 0.2) is 0 Å². The Morgan fingerprint density at radius 3 is 2.06 bits per heavy atom. The van der Waals surface area contributed by atoms with Crippen molar-refractivity contribution in [1.29, 1.82) is 0 Å². The third kappa shape index (κ3) is 2.95. The lowest BCUT2D eigenvalue weighted by molar-refractivity contribution is 0.108. The van der Waals surface area contributed by atoms with Gasteiger partial charge in [-0.05, 0) is 22.7 Å². The molecule has 0 radical (unpaired) electrons. The predicted molar refractivity (Wildman–Crippen MR) is 73.6 cm³/mol. The van der Waals surface area contributed by atoms with Gasteiger partial charge in [0.05, 0.1) is 8.80 Å². The summed E-state index contributed by atoms with van der Waals surface area (Å²) in [6.45, 7) is 8.97. The highest BCUT2D eigenvalue weighted by atomic mass is 35.5. The van der Waals surface area contributed by atoms with Crippen molar-refractivity contribution in [3.8, 4) is 0 Å². The van der Waals surface area contributed by atoms with E-state index in [1.165, 1.54) is 5.19 Å². The van der Waals surface area contributed by atoms with Crippen LogP contribution >= 0.6 is 11.6 Å². The number of rotatable bonds is 4. The standard InChI is InChI=1S/C13H19ClOSi/c1-9(2)16(10(3)4)12-8-6-5-7-11(12)13(14)15/h5-10,16H,1-4H3. The van der Waals surface area contributed by atoms with Crippen molar-refractivity contribution in [2.75, 3.05) is 0 Å². The van der Waals surface area contributed by atoms with E-state index in [2.05, 4.69) is 33.8 Å². The first-order chi connectivity index (χ1) is 7.45. The first-order valence-electron chi connectivity index (χ1n) is 5.74. The highest BCUT2D eigenvalue weighted by Gasteiger charge is 2.25. The van der Waals surface area contributed by atoms with Gasteiger partial charge in [-0.15, -0.1) is 0 Å². The Morgan fingerprint density at radius 2 is 1.62 bits per heavy atom. The average molecular weight is 255 g/mol. The number of hydrogen-bond acceptors (Lipinski definition) is 1. The van der Waals surface area contributed by atoms with Gasteiger partial charge in [0, 0.05) is 5.56 Å². The molecule has 88 valence electrons. The molecular weight excluding hydrogens is 236 g/mol. The third-order valence-corrected chi connectivity index (χ3v) is 7.27. The largest absolute Gasteiger partial charge is 0.276 e. The quantitative estimate of drug-likeness (QED) is 0.595. The lowest BCUT2D eigenvalue weighted by Crippen LogP contribution is -2.38. The Kier molecular flexibility index (Phi) is 4.75. The molecule has 0 unspecified atom stereocenters. The number of carbonyl (C=O) groups excluding carboxylic acids is 1. The Balaban J connectivity index is 3.23. The van der Waals surface area contributed by atoms with E-state index in [0.717, 1.165) is 0 Å². The molecule has 0 heterocycles. The van der Waals surface area contributed by atoms with Crippen molar-refractivity contribution in [3.05, 3.63) is 29.8 Å². The lowest BCUT2D eigenvalue weighted by atomic mass is 10.2. The maximum atomic E-state index is 11.4. The fraction of sp³-hybridized carbons (Fsp3) is 0.462. The molecule has 0 spiro atoms. The van der Waals surface area contributed by atoms with Gasteiger partial charge in [-0.25, -0.2) is 0 Å². The normalized spacial score (nSPS) is 11.5. The highest BCUT2D eigenvalue weighted by molar-refractivity contribution is 6.79. The first-order valence-corrected chi connectivity index (χ1v) is 8.02. The summed E-state index contributed by atoms with van der Waals surface area (Å²) in [6.07, 6.45) is 0. The number of halogens is 1. The number of carbonyl (C=O) groups is 1. The van der Waals surface area contributed by atoms with Gasteiger partial charge in [-0.2, -0.15) is 0 Å². The van der Waals surface area contributed by atoms with Crippen LogP contribution in [0.4, 0.5) is 0 Å². The summed E-state index contributed by atoms with van der Waals surface area (Å²) in [6, 6.07) is 7.80. The molecule has 0 atom stereocenters. The molecule has 1 nitrogen and oxygen atoms in total. The van der Waals surface area contributed by atoms with Crippen LogP contribution < -0.4 is 5.19 Å². The van der Waals surface area contributed by atoms with Gasteiger partial charge in [-0.1, -0.05) is 57.1 Å². The second kappa shape index (κ2) is 5.64. The summed E-state index contributed by atoms with van der Waals surface area (Å²) in [5, 5.41) is 0.891. The second-order valence-electron chi connectivity index (χ2n) is 4.87. The van der Waals surface area contributed by atoms with E-state index in [-0.39, 0.29) is 5.24 Å².